The van der Waals surface area contributed by atoms with Gasteiger partial charge in [0.2, 0.25) is 0 Å². The average Bonchev–Trinajstić information content (AvgIpc) is 1.58. The van der Waals surface area contributed by atoms with Crippen molar-refractivity contribution in [3.05, 3.63) is 351 Å². The first kappa shape index (κ1) is 59.5. The number of aromatic nitrogens is 8. The zero-order valence-corrected chi connectivity index (χ0v) is 55.8. The SMILES string of the molecule is N#Cc1nc(-c2ccc(-n3c4ccccc4c4c(-c5ccc6c7ccccc7n(-c7ccc8ccccc8c7)c6c5)cccc43)cc2)nc2ccccc12.N#Cc1nc(-c2ccc(-n3c4ccccc4c4c(-c5ccc6c7ccccc7n(-c7ccccc7)c6c5)cccc43)cc2)nc2ccccc12. The topological polar surface area (TPSA) is 119 Å². The number of nitrogens with zero attached hydrogens (tertiary/aromatic N) is 10. The summed E-state index contributed by atoms with van der Waals surface area (Å²) in [4.78, 5) is 18.8. The van der Waals surface area contributed by atoms with Crippen LogP contribution in [0.2, 0.25) is 0 Å². The van der Waals surface area contributed by atoms with Crippen LogP contribution in [0.3, 0.4) is 0 Å². The summed E-state index contributed by atoms with van der Waals surface area (Å²) in [5.74, 6) is 1.08. The van der Waals surface area contributed by atoms with E-state index < -0.39 is 0 Å². The van der Waals surface area contributed by atoms with E-state index in [0.29, 0.717) is 23.0 Å². The highest BCUT2D eigenvalue weighted by Gasteiger charge is 2.23. The summed E-state index contributed by atoms with van der Waals surface area (Å²) in [5.41, 5.74) is 22.4. The number of rotatable bonds is 8. The fourth-order valence-corrected chi connectivity index (χ4v) is 15.9. The maximum absolute atomic E-state index is 9.82. The van der Waals surface area contributed by atoms with E-state index in [1.165, 1.54) is 92.6 Å². The second kappa shape index (κ2) is 24.1. The van der Waals surface area contributed by atoms with Gasteiger partial charge >= 0.3 is 0 Å². The van der Waals surface area contributed by atoms with Gasteiger partial charge in [-0.1, -0.05) is 194 Å². The number of nitriles is 2. The quantitative estimate of drug-likeness (QED) is 0.149. The van der Waals surface area contributed by atoms with Crippen molar-refractivity contribution in [2.24, 2.45) is 0 Å². The molecule has 0 saturated carbocycles. The first-order valence-electron chi connectivity index (χ1n) is 34.7. The van der Waals surface area contributed by atoms with Crippen molar-refractivity contribution in [2.75, 3.05) is 0 Å². The van der Waals surface area contributed by atoms with Crippen molar-refractivity contribution in [1.29, 1.82) is 10.5 Å². The molecule has 0 unspecified atom stereocenters. The highest BCUT2D eigenvalue weighted by molar-refractivity contribution is 6.19. The third-order valence-corrected chi connectivity index (χ3v) is 20.6. The van der Waals surface area contributed by atoms with Gasteiger partial charge < -0.3 is 18.3 Å². The van der Waals surface area contributed by atoms with Gasteiger partial charge in [-0.3, -0.25) is 0 Å². The van der Waals surface area contributed by atoms with E-state index in [4.69, 9.17) is 9.97 Å². The van der Waals surface area contributed by atoms with Crippen LogP contribution in [0.25, 0.3) is 188 Å². The molecule has 0 saturated heterocycles. The van der Waals surface area contributed by atoms with Gasteiger partial charge in [-0.25, -0.2) is 19.9 Å². The minimum Gasteiger partial charge on any atom is -0.309 e. The summed E-state index contributed by atoms with van der Waals surface area (Å²) < 4.78 is 9.45. The van der Waals surface area contributed by atoms with Crippen molar-refractivity contribution in [3.63, 3.8) is 0 Å². The Morgan fingerprint density at radius 1 is 0.221 bits per heavy atom. The van der Waals surface area contributed by atoms with Gasteiger partial charge in [0.25, 0.3) is 0 Å². The number of hydrogen-bond donors (Lipinski definition) is 0. The lowest BCUT2D eigenvalue weighted by Crippen LogP contribution is -1.97. The van der Waals surface area contributed by atoms with Crippen LogP contribution < -0.4 is 0 Å². The average molecular weight is 1330 g/mol. The Morgan fingerprint density at radius 2 is 0.567 bits per heavy atom. The second-order valence-corrected chi connectivity index (χ2v) is 26.3. The smallest absolute Gasteiger partial charge is 0.161 e. The van der Waals surface area contributed by atoms with Crippen LogP contribution >= 0.6 is 0 Å². The molecule has 0 radical (unpaired) electrons. The first-order valence-corrected chi connectivity index (χ1v) is 34.7. The maximum Gasteiger partial charge on any atom is 0.161 e. The van der Waals surface area contributed by atoms with E-state index in [0.717, 1.165) is 83.3 Å². The molecule has 21 aromatic rings. The number of hydrogen-bond acceptors (Lipinski definition) is 6. The fourth-order valence-electron chi connectivity index (χ4n) is 15.9. The van der Waals surface area contributed by atoms with E-state index in [9.17, 15) is 10.5 Å². The van der Waals surface area contributed by atoms with Crippen LogP contribution in [-0.4, -0.2) is 38.2 Å². The van der Waals surface area contributed by atoms with Gasteiger partial charge in [0.15, 0.2) is 23.0 Å². The van der Waals surface area contributed by atoms with Crippen LogP contribution in [-0.2, 0) is 0 Å². The Kier molecular flexibility index (Phi) is 13.8. The van der Waals surface area contributed by atoms with Crippen molar-refractivity contribution in [3.8, 4) is 79.9 Å². The van der Waals surface area contributed by atoms with Gasteiger partial charge in [0, 0.05) is 87.7 Å². The molecule has 10 heteroatoms. The summed E-state index contributed by atoms with van der Waals surface area (Å²) in [5, 5.41) is 33.4. The Hall–Kier alpha value is -14.6. The molecular formula is C94H56N10. The Balaban J connectivity index is 0.000000139. The molecule has 15 aromatic carbocycles. The lowest BCUT2D eigenvalue weighted by atomic mass is 9.98. The number of para-hydroxylation sites is 7. The molecule has 0 aliphatic rings. The van der Waals surface area contributed by atoms with E-state index in [2.05, 4.69) is 307 Å². The summed E-state index contributed by atoms with van der Waals surface area (Å²) in [6.45, 7) is 0. The molecule has 0 N–H and O–H groups in total. The number of benzene rings is 15. The predicted molar refractivity (Wildman–Crippen MR) is 425 cm³/mol. The molecule has 6 aromatic heterocycles. The molecule has 482 valence electrons. The summed E-state index contributed by atoms with van der Waals surface area (Å²) in [6, 6.07) is 124. The lowest BCUT2D eigenvalue weighted by molar-refractivity contribution is 1.17. The molecule has 0 aliphatic heterocycles. The molecular weight excluding hydrogens is 1270 g/mol. The summed E-state index contributed by atoms with van der Waals surface area (Å²) >= 11 is 0. The number of fused-ring (bicyclic) bond motifs is 15. The largest absolute Gasteiger partial charge is 0.309 e. The molecule has 0 amide bonds. The van der Waals surface area contributed by atoms with Crippen LogP contribution in [0.1, 0.15) is 11.4 Å². The van der Waals surface area contributed by atoms with Gasteiger partial charge in [0.05, 0.1) is 55.2 Å². The molecule has 0 atom stereocenters. The molecule has 0 fully saturated rings. The van der Waals surface area contributed by atoms with Gasteiger partial charge in [-0.15, -0.1) is 0 Å². The maximum atomic E-state index is 9.82. The van der Waals surface area contributed by atoms with Crippen molar-refractivity contribution < 1.29 is 0 Å². The zero-order chi connectivity index (χ0) is 68.9. The standard InChI is InChI=1S/C49H29N5.C45H27N5/c50-30-43-40-13-3-6-16-42(40)51-49(52-43)32-21-24-35(25-22-32)53-45-18-8-5-14-41(45)48-37(15-9-19-46(48)53)34-23-27-39-38-12-4-7-17-44(38)54(47(39)29-34)36-26-20-31-10-1-2-11-33(31)28-36;46-28-39-36-14-4-7-17-38(36)47-45(48-39)29-21-24-32(25-22-29)49-41-19-9-6-15-37(41)44-33(16-10-20-42(44)49)30-23-26-35-34-13-5-8-18-40(34)50(43(35)27-30)31-11-2-1-3-12-31/h1-29H;1-27H. The Bertz CT molecular complexity index is 7180. The van der Waals surface area contributed by atoms with Gasteiger partial charge in [-0.05, 0) is 179 Å². The monoisotopic (exact) mass is 1320 g/mol. The van der Waals surface area contributed by atoms with Crippen molar-refractivity contribution in [2.45, 2.75) is 0 Å². The predicted octanol–water partition coefficient (Wildman–Crippen LogP) is 23.2. The molecule has 10 nitrogen and oxygen atoms in total. The highest BCUT2D eigenvalue weighted by atomic mass is 15.0. The zero-order valence-electron chi connectivity index (χ0n) is 55.8. The van der Waals surface area contributed by atoms with E-state index in [1.54, 1.807) is 0 Å². The normalized spacial score (nSPS) is 11.6. The second-order valence-electron chi connectivity index (χ2n) is 26.3. The van der Waals surface area contributed by atoms with Crippen LogP contribution in [0.4, 0.5) is 0 Å². The van der Waals surface area contributed by atoms with Crippen LogP contribution in [0.15, 0.2) is 340 Å². The molecule has 6 heterocycles. The molecule has 0 aliphatic carbocycles. The Labute approximate surface area is 596 Å². The minimum absolute atomic E-state index is 0.380. The molecule has 0 bridgehead atoms. The van der Waals surface area contributed by atoms with Gasteiger partial charge in [0.1, 0.15) is 12.1 Å². The van der Waals surface area contributed by atoms with E-state index >= 15 is 0 Å². The molecule has 21 rings (SSSR count). The van der Waals surface area contributed by atoms with Crippen molar-refractivity contribution >= 4 is 120 Å². The first-order chi connectivity index (χ1) is 51.5. The third kappa shape index (κ3) is 9.55. The lowest BCUT2D eigenvalue weighted by Gasteiger charge is -2.12. The van der Waals surface area contributed by atoms with Gasteiger partial charge in [-0.2, -0.15) is 10.5 Å². The highest BCUT2D eigenvalue weighted by Crippen LogP contribution is 2.44. The third-order valence-electron chi connectivity index (χ3n) is 20.6. The summed E-state index contributed by atoms with van der Waals surface area (Å²) in [6.07, 6.45) is 0. The summed E-state index contributed by atoms with van der Waals surface area (Å²) in [7, 11) is 0. The van der Waals surface area contributed by atoms with E-state index in [-0.39, 0.29) is 0 Å². The molecule has 104 heavy (non-hydrogen) atoms. The minimum atomic E-state index is 0.380. The van der Waals surface area contributed by atoms with Crippen LogP contribution in [0, 0.1) is 22.7 Å². The Morgan fingerprint density at radius 3 is 1.05 bits per heavy atom. The fraction of sp³-hybridized carbons (Fsp3) is 0. The molecule has 0 spiro atoms. The van der Waals surface area contributed by atoms with Crippen molar-refractivity contribution in [1.82, 2.24) is 38.2 Å². The van der Waals surface area contributed by atoms with Crippen LogP contribution in [0.5, 0.6) is 0 Å². The van der Waals surface area contributed by atoms with E-state index in [1.807, 2.05) is 72.8 Å².